The van der Waals surface area contributed by atoms with Crippen molar-refractivity contribution in [3.8, 4) is 0 Å². The number of hydrazine groups is 1. The highest BCUT2D eigenvalue weighted by atomic mass is 32.2. The van der Waals surface area contributed by atoms with E-state index in [1.54, 1.807) is 18.9 Å². The van der Waals surface area contributed by atoms with Gasteiger partial charge in [0.25, 0.3) is 0 Å². The monoisotopic (exact) mass is 159 g/mol. The van der Waals surface area contributed by atoms with Crippen LogP contribution in [0.1, 0.15) is 0 Å². The molecule has 0 amide bonds. The molecule has 0 unspecified atom stereocenters. The van der Waals surface area contributed by atoms with Gasteiger partial charge >= 0.3 is 0 Å². The minimum Gasteiger partial charge on any atom is -0.481 e. The van der Waals surface area contributed by atoms with Gasteiger partial charge in [-0.05, 0) is 6.26 Å². The van der Waals surface area contributed by atoms with Crippen LogP contribution in [0.5, 0.6) is 0 Å². The predicted molar refractivity (Wildman–Crippen MR) is 42.3 cm³/mol. The molecule has 0 spiro atoms. The Hall–Kier alpha value is -0.840. The maximum atomic E-state index is 4.92. The van der Waals surface area contributed by atoms with Gasteiger partial charge in [0, 0.05) is 6.08 Å². The van der Waals surface area contributed by atoms with Crippen molar-refractivity contribution in [2.45, 2.75) is 0 Å². The number of rotatable bonds is 1. The molecule has 0 atom stereocenters. The maximum Gasteiger partial charge on any atom is 0.209 e. The Labute approximate surface area is 63.7 Å². The zero-order valence-corrected chi connectivity index (χ0v) is 6.66. The van der Waals surface area contributed by atoms with Gasteiger partial charge in [-0.1, -0.05) is 0 Å². The quantitative estimate of drug-likeness (QED) is 0.576. The number of hydrogen-bond acceptors (Lipinski definition) is 5. The average Bonchev–Trinajstić information content (AvgIpc) is 2.05. The molecular formula is C5H9N3OS. The minimum absolute atomic E-state index is 0.680. The van der Waals surface area contributed by atoms with E-state index in [1.807, 2.05) is 12.3 Å². The third kappa shape index (κ3) is 1.57. The van der Waals surface area contributed by atoms with E-state index in [0.717, 1.165) is 5.04 Å². The molecule has 2 N–H and O–H groups in total. The summed E-state index contributed by atoms with van der Waals surface area (Å²) in [5.41, 5.74) is 5.33. The average molecular weight is 159 g/mol. The van der Waals surface area contributed by atoms with Crippen molar-refractivity contribution < 1.29 is 4.74 Å². The number of methoxy groups -OCH3 is 1. The van der Waals surface area contributed by atoms with Crippen LogP contribution in [0.3, 0.4) is 0 Å². The second kappa shape index (κ2) is 3.36. The summed E-state index contributed by atoms with van der Waals surface area (Å²) in [6.45, 7) is 0. The van der Waals surface area contributed by atoms with Gasteiger partial charge in [-0.25, -0.2) is 5.53 Å². The van der Waals surface area contributed by atoms with Crippen LogP contribution >= 0.6 is 11.8 Å². The highest BCUT2D eigenvalue weighted by Gasteiger charge is 2.02. The van der Waals surface area contributed by atoms with Crippen molar-refractivity contribution in [3.63, 3.8) is 0 Å². The van der Waals surface area contributed by atoms with E-state index >= 15 is 0 Å². The van der Waals surface area contributed by atoms with Crippen LogP contribution in [0.2, 0.25) is 0 Å². The van der Waals surface area contributed by atoms with Crippen LogP contribution in [-0.2, 0) is 4.74 Å². The number of ether oxygens (including phenoxy) is 1. The van der Waals surface area contributed by atoms with Crippen molar-refractivity contribution >= 4 is 16.8 Å². The summed E-state index contributed by atoms with van der Waals surface area (Å²) in [5.74, 6) is 0.680. The van der Waals surface area contributed by atoms with Crippen LogP contribution in [0.25, 0.3) is 0 Å². The topological polar surface area (TPSA) is 45.6 Å². The lowest BCUT2D eigenvalue weighted by Crippen LogP contribution is -2.31. The fourth-order valence-corrected chi connectivity index (χ4v) is 0.895. The molecule has 0 saturated heterocycles. The van der Waals surface area contributed by atoms with Gasteiger partial charge < -0.3 is 4.74 Å². The fraction of sp³-hybridized carbons (Fsp3) is 0.400. The van der Waals surface area contributed by atoms with Crippen LogP contribution < -0.4 is 11.0 Å². The van der Waals surface area contributed by atoms with E-state index in [-0.39, 0.29) is 0 Å². The Morgan fingerprint density at radius 2 is 2.50 bits per heavy atom. The van der Waals surface area contributed by atoms with Crippen molar-refractivity contribution in [3.05, 3.63) is 12.0 Å². The molecule has 0 radical (unpaired) electrons. The largest absolute Gasteiger partial charge is 0.481 e. The molecule has 1 aliphatic rings. The van der Waals surface area contributed by atoms with Crippen molar-refractivity contribution in [2.24, 2.45) is 5.10 Å². The molecule has 56 valence electrons. The maximum absolute atomic E-state index is 4.92. The van der Waals surface area contributed by atoms with Gasteiger partial charge in [0.05, 0.1) is 7.11 Å². The molecule has 0 aromatic rings. The van der Waals surface area contributed by atoms with Crippen molar-refractivity contribution in [1.29, 1.82) is 0 Å². The van der Waals surface area contributed by atoms with Gasteiger partial charge in [-0.15, -0.1) is 11.8 Å². The lowest BCUT2D eigenvalue weighted by molar-refractivity contribution is 0.247. The van der Waals surface area contributed by atoms with E-state index in [0.29, 0.717) is 5.88 Å². The highest BCUT2D eigenvalue weighted by Crippen LogP contribution is 2.04. The summed E-state index contributed by atoms with van der Waals surface area (Å²) in [4.78, 5) is 0. The van der Waals surface area contributed by atoms with E-state index < -0.39 is 0 Å². The van der Waals surface area contributed by atoms with Crippen LogP contribution in [-0.4, -0.2) is 18.4 Å². The van der Waals surface area contributed by atoms with Gasteiger partial charge in [-0.3, -0.25) is 5.43 Å². The van der Waals surface area contributed by atoms with Crippen molar-refractivity contribution in [1.82, 2.24) is 11.0 Å². The van der Waals surface area contributed by atoms with E-state index in [1.165, 1.54) is 0 Å². The normalized spacial score (nSPS) is 16.2. The minimum atomic E-state index is 0.680. The van der Waals surface area contributed by atoms with E-state index in [4.69, 9.17) is 4.74 Å². The predicted octanol–water partition coefficient (Wildman–Crippen LogP) is 0.259. The second-order valence-corrected chi connectivity index (χ2v) is 2.43. The Bertz CT molecular complexity index is 178. The Morgan fingerprint density at radius 3 is 3.10 bits per heavy atom. The first-order valence-corrected chi connectivity index (χ1v) is 3.97. The molecule has 1 rings (SSSR count). The Balaban J connectivity index is 2.61. The van der Waals surface area contributed by atoms with Gasteiger partial charge in [0.15, 0.2) is 0 Å². The number of nitrogens with one attached hydrogen (secondary N) is 2. The fourth-order valence-electron chi connectivity index (χ4n) is 0.533. The zero-order valence-electron chi connectivity index (χ0n) is 5.84. The van der Waals surface area contributed by atoms with Gasteiger partial charge in [0.2, 0.25) is 5.88 Å². The van der Waals surface area contributed by atoms with Crippen LogP contribution in [0, 0.1) is 0 Å². The van der Waals surface area contributed by atoms with E-state index in [2.05, 4.69) is 16.1 Å². The summed E-state index contributed by atoms with van der Waals surface area (Å²) in [5, 5.41) is 4.81. The third-order valence-corrected chi connectivity index (χ3v) is 1.66. The molecule has 4 nitrogen and oxygen atoms in total. The standard InChI is InChI=1S/C5H9N3OS/c1-9-4-3-5(10-2)7-8-6-4/h3,6,8H,1-2H3. The van der Waals surface area contributed by atoms with Crippen molar-refractivity contribution in [2.75, 3.05) is 13.4 Å². The first kappa shape index (κ1) is 7.27. The van der Waals surface area contributed by atoms with E-state index in [9.17, 15) is 0 Å². The van der Waals surface area contributed by atoms with Gasteiger partial charge in [-0.2, -0.15) is 5.10 Å². The summed E-state index contributed by atoms with van der Waals surface area (Å²) in [7, 11) is 1.60. The molecule has 0 saturated carbocycles. The lowest BCUT2D eigenvalue weighted by Gasteiger charge is -2.13. The Morgan fingerprint density at radius 1 is 1.70 bits per heavy atom. The number of hydrogen-bond donors (Lipinski definition) is 2. The number of thioether (sulfide) groups is 1. The van der Waals surface area contributed by atoms with Crippen LogP contribution in [0.15, 0.2) is 17.1 Å². The molecule has 5 heteroatoms. The first-order valence-electron chi connectivity index (χ1n) is 2.75. The first-order chi connectivity index (χ1) is 4.86. The molecular weight excluding hydrogens is 150 g/mol. The number of nitrogens with zero attached hydrogens (tertiary/aromatic N) is 1. The highest BCUT2D eigenvalue weighted by molar-refractivity contribution is 8.13. The van der Waals surface area contributed by atoms with Gasteiger partial charge in [0.1, 0.15) is 5.04 Å². The molecule has 0 aliphatic carbocycles. The second-order valence-electron chi connectivity index (χ2n) is 1.60. The molecule has 0 fully saturated rings. The molecule has 1 heterocycles. The molecule has 10 heavy (non-hydrogen) atoms. The molecule has 0 aromatic heterocycles. The third-order valence-electron chi connectivity index (χ3n) is 1.03. The SMILES string of the molecule is COC1=CC(SC)=NNN1. The van der Waals surface area contributed by atoms with Crippen LogP contribution in [0.4, 0.5) is 0 Å². The molecule has 0 bridgehead atoms. The summed E-state index contributed by atoms with van der Waals surface area (Å²) >= 11 is 1.56. The number of hydrazone groups is 1. The Kier molecular flexibility index (Phi) is 2.44. The smallest absolute Gasteiger partial charge is 0.209 e. The molecule has 1 aliphatic heterocycles. The lowest BCUT2D eigenvalue weighted by atomic mass is 10.6. The zero-order chi connectivity index (χ0) is 7.40. The summed E-state index contributed by atoms with van der Waals surface area (Å²) in [6, 6.07) is 0. The summed E-state index contributed by atoms with van der Waals surface area (Å²) < 4.78 is 4.92. The summed E-state index contributed by atoms with van der Waals surface area (Å²) in [6.07, 6.45) is 3.77. The molecule has 0 aromatic carbocycles.